The molecule has 1 aromatic heterocycles. The van der Waals surface area contributed by atoms with Crippen LogP contribution in [0.15, 0.2) is 16.9 Å². The van der Waals surface area contributed by atoms with Gasteiger partial charge in [0.15, 0.2) is 0 Å². The largest absolute Gasteiger partial charge is 0.335 e. The molecule has 3 rings (SSSR count). The zero-order chi connectivity index (χ0) is 13.4. The van der Waals surface area contributed by atoms with E-state index in [1.54, 1.807) is 7.05 Å². The molecule has 0 unspecified atom stereocenters. The Balaban J connectivity index is 1.66. The molecule has 0 bridgehead atoms. The Morgan fingerprint density at radius 3 is 2.47 bits per heavy atom. The van der Waals surface area contributed by atoms with Crippen molar-refractivity contribution < 1.29 is 4.79 Å². The van der Waals surface area contributed by atoms with Crippen LogP contribution in [0, 0.1) is 0 Å². The zero-order valence-corrected chi connectivity index (χ0v) is 11.1. The fraction of sp³-hybridized carbons (Fsp3) is 0.615. The van der Waals surface area contributed by atoms with Gasteiger partial charge in [-0.05, 0) is 18.9 Å². The minimum absolute atomic E-state index is 0.0777. The Labute approximate surface area is 111 Å². The van der Waals surface area contributed by atoms with Crippen LogP contribution in [0.3, 0.4) is 0 Å². The maximum atomic E-state index is 12.3. The van der Waals surface area contributed by atoms with E-state index >= 15 is 0 Å². The number of nitrogens with zero attached hydrogens (tertiary/aromatic N) is 4. The molecule has 1 saturated carbocycles. The molecular formula is C13H18N4O2. The summed E-state index contributed by atoms with van der Waals surface area (Å²) in [6.07, 6.45) is 2.60. The molecule has 2 aliphatic rings. The van der Waals surface area contributed by atoms with Crippen molar-refractivity contribution in [3.8, 4) is 0 Å². The van der Waals surface area contributed by atoms with Crippen molar-refractivity contribution in [2.45, 2.75) is 18.9 Å². The average molecular weight is 262 g/mol. The van der Waals surface area contributed by atoms with Gasteiger partial charge in [-0.15, -0.1) is 0 Å². The summed E-state index contributed by atoms with van der Waals surface area (Å²) in [4.78, 5) is 27.8. The lowest BCUT2D eigenvalue weighted by Crippen LogP contribution is -2.49. The minimum atomic E-state index is -0.199. The van der Waals surface area contributed by atoms with Crippen LogP contribution >= 0.6 is 0 Å². The molecular weight excluding hydrogens is 244 g/mol. The van der Waals surface area contributed by atoms with Crippen molar-refractivity contribution >= 4 is 5.91 Å². The third-order valence-electron chi connectivity index (χ3n) is 3.84. The van der Waals surface area contributed by atoms with E-state index in [4.69, 9.17) is 0 Å². The molecule has 1 aliphatic carbocycles. The SMILES string of the molecule is Cn1nc(C(=O)N2CCN(C3CC3)CC2)ccc1=O. The van der Waals surface area contributed by atoms with Gasteiger partial charge in [0.2, 0.25) is 0 Å². The van der Waals surface area contributed by atoms with E-state index in [9.17, 15) is 9.59 Å². The number of carbonyl (C=O) groups excluding carboxylic acids is 1. The van der Waals surface area contributed by atoms with E-state index in [0.717, 1.165) is 32.2 Å². The monoisotopic (exact) mass is 262 g/mol. The molecule has 1 amide bonds. The lowest BCUT2D eigenvalue weighted by atomic mass is 10.2. The topological polar surface area (TPSA) is 58.4 Å². The molecule has 0 spiro atoms. The summed E-state index contributed by atoms with van der Waals surface area (Å²) in [5.41, 5.74) is 0.150. The highest BCUT2D eigenvalue weighted by Gasteiger charge is 2.32. The van der Waals surface area contributed by atoms with Gasteiger partial charge in [0.25, 0.3) is 11.5 Å². The van der Waals surface area contributed by atoms with Gasteiger partial charge in [-0.25, -0.2) is 4.68 Å². The number of rotatable bonds is 2. The zero-order valence-electron chi connectivity index (χ0n) is 11.1. The first kappa shape index (κ1) is 12.3. The molecule has 0 atom stereocenters. The Bertz CT molecular complexity index is 542. The first-order valence-corrected chi connectivity index (χ1v) is 6.73. The summed E-state index contributed by atoms with van der Waals surface area (Å²) in [5, 5.41) is 4.01. The van der Waals surface area contributed by atoms with E-state index in [0.29, 0.717) is 5.69 Å². The van der Waals surface area contributed by atoms with Gasteiger partial charge in [-0.2, -0.15) is 5.10 Å². The third-order valence-corrected chi connectivity index (χ3v) is 3.84. The minimum Gasteiger partial charge on any atom is -0.335 e. The fourth-order valence-electron chi connectivity index (χ4n) is 2.51. The number of carbonyl (C=O) groups is 1. The maximum Gasteiger partial charge on any atom is 0.274 e. The van der Waals surface area contributed by atoms with Crippen LogP contribution in [0.25, 0.3) is 0 Å². The molecule has 19 heavy (non-hydrogen) atoms. The molecule has 1 saturated heterocycles. The molecule has 0 aromatic carbocycles. The van der Waals surface area contributed by atoms with Crippen molar-refractivity contribution in [3.63, 3.8) is 0 Å². The van der Waals surface area contributed by atoms with Crippen molar-refractivity contribution in [2.24, 2.45) is 7.05 Å². The average Bonchev–Trinajstić information content (AvgIpc) is 3.26. The van der Waals surface area contributed by atoms with Gasteiger partial charge in [-0.3, -0.25) is 14.5 Å². The van der Waals surface area contributed by atoms with E-state index in [1.807, 2.05) is 4.90 Å². The highest BCUT2D eigenvalue weighted by Crippen LogP contribution is 2.27. The molecule has 6 nitrogen and oxygen atoms in total. The van der Waals surface area contributed by atoms with Crippen molar-refractivity contribution in [1.29, 1.82) is 0 Å². The van der Waals surface area contributed by atoms with Gasteiger partial charge >= 0.3 is 0 Å². The van der Waals surface area contributed by atoms with Gasteiger partial charge in [-0.1, -0.05) is 0 Å². The summed E-state index contributed by atoms with van der Waals surface area (Å²) in [5.74, 6) is -0.0777. The number of hydrogen-bond donors (Lipinski definition) is 0. The molecule has 1 aromatic rings. The highest BCUT2D eigenvalue weighted by atomic mass is 16.2. The van der Waals surface area contributed by atoms with Gasteiger partial charge in [0.05, 0.1) is 0 Å². The lowest BCUT2D eigenvalue weighted by Gasteiger charge is -2.34. The number of hydrogen-bond acceptors (Lipinski definition) is 4. The molecule has 2 heterocycles. The second kappa shape index (κ2) is 4.77. The molecule has 0 N–H and O–H groups in total. The third kappa shape index (κ3) is 2.53. The van der Waals surface area contributed by atoms with Crippen LogP contribution in [0.4, 0.5) is 0 Å². The summed E-state index contributed by atoms with van der Waals surface area (Å²) in [6, 6.07) is 3.66. The van der Waals surface area contributed by atoms with Crippen LogP contribution in [0.2, 0.25) is 0 Å². The van der Waals surface area contributed by atoms with Crippen molar-refractivity contribution in [2.75, 3.05) is 26.2 Å². The maximum absolute atomic E-state index is 12.3. The molecule has 0 radical (unpaired) electrons. The number of aryl methyl sites for hydroxylation is 1. The van der Waals surface area contributed by atoms with Gasteiger partial charge < -0.3 is 4.90 Å². The second-order valence-corrected chi connectivity index (χ2v) is 5.24. The van der Waals surface area contributed by atoms with Crippen molar-refractivity contribution in [1.82, 2.24) is 19.6 Å². The molecule has 1 aliphatic heterocycles. The first-order chi connectivity index (χ1) is 9.15. The van der Waals surface area contributed by atoms with E-state index in [1.165, 1.54) is 29.7 Å². The number of amides is 1. The molecule has 6 heteroatoms. The number of aromatic nitrogens is 2. The van der Waals surface area contributed by atoms with Crippen LogP contribution < -0.4 is 5.56 Å². The van der Waals surface area contributed by atoms with E-state index in [-0.39, 0.29) is 11.5 Å². The van der Waals surface area contributed by atoms with Crippen LogP contribution in [-0.2, 0) is 7.05 Å². The standard InChI is InChI=1S/C13H18N4O2/c1-15-12(18)5-4-11(14-15)13(19)17-8-6-16(7-9-17)10-2-3-10/h4-5,10H,2-3,6-9H2,1H3. The first-order valence-electron chi connectivity index (χ1n) is 6.73. The predicted molar refractivity (Wildman–Crippen MR) is 70.0 cm³/mol. The van der Waals surface area contributed by atoms with E-state index in [2.05, 4.69) is 10.00 Å². The van der Waals surface area contributed by atoms with E-state index < -0.39 is 0 Å². The smallest absolute Gasteiger partial charge is 0.274 e. The van der Waals surface area contributed by atoms with Crippen molar-refractivity contribution in [3.05, 3.63) is 28.2 Å². The summed E-state index contributed by atoms with van der Waals surface area (Å²) < 4.78 is 1.20. The number of piperazine rings is 1. The Morgan fingerprint density at radius 2 is 1.89 bits per heavy atom. The Hall–Kier alpha value is -1.69. The summed E-state index contributed by atoms with van der Waals surface area (Å²) >= 11 is 0. The normalized spacial score (nSPS) is 20.6. The van der Waals surface area contributed by atoms with Gasteiger partial charge in [0.1, 0.15) is 5.69 Å². The Morgan fingerprint density at radius 1 is 1.21 bits per heavy atom. The lowest BCUT2D eigenvalue weighted by molar-refractivity contribution is 0.0619. The van der Waals surface area contributed by atoms with Crippen LogP contribution in [-0.4, -0.2) is 57.7 Å². The summed E-state index contributed by atoms with van der Waals surface area (Å²) in [6.45, 7) is 3.39. The fourth-order valence-corrected chi connectivity index (χ4v) is 2.51. The predicted octanol–water partition coefficient (Wildman–Crippen LogP) is -0.299. The summed E-state index contributed by atoms with van der Waals surface area (Å²) in [7, 11) is 1.56. The van der Waals surface area contributed by atoms with Crippen LogP contribution in [0.1, 0.15) is 23.3 Å². The molecule has 2 fully saturated rings. The quantitative estimate of drug-likeness (QED) is 0.734. The highest BCUT2D eigenvalue weighted by molar-refractivity contribution is 5.92. The molecule has 102 valence electrons. The van der Waals surface area contributed by atoms with Gasteiger partial charge in [0, 0.05) is 45.3 Å². The Kier molecular flexibility index (Phi) is 3.10. The van der Waals surface area contributed by atoms with Crippen LogP contribution in [0.5, 0.6) is 0 Å². The second-order valence-electron chi connectivity index (χ2n) is 5.24.